The Balaban J connectivity index is 2.77. The molecule has 2 aromatic heterocycles. The molecule has 0 aliphatic carbocycles. The summed E-state index contributed by atoms with van der Waals surface area (Å²) in [6, 6.07) is 0.350. The highest BCUT2D eigenvalue weighted by Gasteiger charge is 2.37. The molecule has 0 amide bonds. The van der Waals surface area contributed by atoms with E-state index < -0.39 is 55.6 Å². The Morgan fingerprint density at radius 1 is 1.04 bits per heavy atom. The van der Waals surface area contributed by atoms with Crippen LogP contribution < -0.4 is 0 Å². The van der Waals surface area contributed by atoms with E-state index in [0.29, 0.717) is 23.0 Å². The third kappa shape index (κ3) is 3.62. The number of halogens is 6. The van der Waals surface area contributed by atoms with Gasteiger partial charge in [0.2, 0.25) is 0 Å². The number of pyridine rings is 1. The van der Waals surface area contributed by atoms with E-state index in [1.54, 1.807) is 0 Å². The molecule has 2 heterocycles. The molecule has 12 heteroatoms. The average Bonchev–Trinajstić information content (AvgIpc) is 2.87. The summed E-state index contributed by atoms with van der Waals surface area (Å²) in [6.07, 6.45) is -8.82. The van der Waals surface area contributed by atoms with Crippen LogP contribution in [0.1, 0.15) is 18.2 Å². The maximum Gasteiger partial charge on any atom is 0.433 e. The zero-order valence-corrected chi connectivity index (χ0v) is 13.6. The molecular formula is C13H11F6N3O2S. The van der Waals surface area contributed by atoms with Crippen LogP contribution in [0.2, 0.25) is 0 Å². The average molecular weight is 387 g/mol. The van der Waals surface area contributed by atoms with Crippen molar-refractivity contribution in [3.63, 3.8) is 0 Å². The fraction of sp³-hybridized carbons (Fsp3) is 0.385. The Labute approximate surface area is 138 Å². The summed E-state index contributed by atoms with van der Waals surface area (Å²) in [5.74, 6) is -1.06. The van der Waals surface area contributed by atoms with Crippen molar-refractivity contribution in [2.75, 3.05) is 5.75 Å². The molecule has 0 aliphatic rings. The molecule has 0 aromatic carbocycles. The SMILES string of the molecule is CCS(=O)(=O)c1cc(C(F)(F)F)cnc1-c1ncc(C(F)(F)F)n1C. The van der Waals surface area contributed by atoms with Gasteiger partial charge in [0.05, 0.1) is 22.4 Å². The van der Waals surface area contributed by atoms with Gasteiger partial charge in [0.25, 0.3) is 0 Å². The van der Waals surface area contributed by atoms with Crippen molar-refractivity contribution in [1.29, 1.82) is 0 Å². The van der Waals surface area contributed by atoms with Gasteiger partial charge in [-0.15, -0.1) is 0 Å². The van der Waals surface area contributed by atoms with Crippen molar-refractivity contribution < 1.29 is 34.8 Å². The monoisotopic (exact) mass is 387 g/mol. The highest BCUT2D eigenvalue weighted by atomic mass is 32.2. The van der Waals surface area contributed by atoms with Gasteiger partial charge >= 0.3 is 12.4 Å². The van der Waals surface area contributed by atoms with Gasteiger partial charge < -0.3 is 4.57 Å². The lowest BCUT2D eigenvalue weighted by molar-refractivity contribution is -0.143. The molecule has 0 spiro atoms. The Kier molecular flexibility index (Phi) is 4.61. The summed E-state index contributed by atoms with van der Waals surface area (Å²) in [6.45, 7) is 1.19. The van der Waals surface area contributed by atoms with Gasteiger partial charge in [0.15, 0.2) is 15.7 Å². The first-order chi connectivity index (χ1) is 11.3. The van der Waals surface area contributed by atoms with Crippen LogP contribution in [0.15, 0.2) is 23.4 Å². The highest BCUT2D eigenvalue weighted by Crippen LogP contribution is 2.36. The molecule has 0 N–H and O–H groups in total. The summed E-state index contributed by atoms with van der Waals surface area (Å²) in [4.78, 5) is 6.10. The van der Waals surface area contributed by atoms with Crippen LogP contribution in [0.4, 0.5) is 26.3 Å². The molecule has 25 heavy (non-hydrogen) atoms. The van der Waals surface area contributed by atoms with E-state index in [-0.39, 0.29) is 0 Å². The second-order valence-electron chi connectivity index (χ2n) is 5.00. The van der Waals surface area contributed by atoms with Crippen molar-refractivity contribution in [2.45, 2.75) is 24.2 Å². The van der Waals surface area contributed by atoms with Crippen LogP contribution in [0, 0.1) is 0 Å². The van der Waals surface area contributed by atoms with Gasteiger partial charge in [-0.1, -0.05) is 6.92 Å². The van der Waals surface area contributed by atoms with E-state index in [9.17, 15) is 34.8 Å². The van der Waals surface area contributed by atoms with Crippen molar-refractivity contribution >= 4 is 9.84 Å². The van der Waals surface area contributed by atoms with E-state index in [1.807, 2.05) is 0 Å². The maximum absolute atomic E-state index is 12.9. The van der Waals surface area contributed by atoms with E-state index in [0.717, 1.165) is 7.05 Å². The molecular weight excluding hydrogens is 376 g/mol. The molecule has 5 nitrogen and oxygen atoms in total. The molecule has 0 saturated heterocycles. The van der Waals surface area contributed by atoms with Crippen molar-refractivity contribution in [3.8, 4) is 11.5 Å². The number of sulfone groups is 1. The third-order valence-corrected chi connectivity index (χ3v) is 5.13. The molecule has 2 rings (SSSR count). The lowest BCUT2D eigenvalue weighted by Gasteiger charge is -2.13. The number of aromatic nitrogens is 3. The number of imidazole rings is 1. The van der Waals surface area contributed by atoms with Gasteiger partial charge in [-0.25, -0.2) is 13.4 Å². The molecule has 0 fully saturated rings. The largest absolute Gasteiger partial charge is 0.433 e. The van der Waals surface area contributed by atoms with Gasteiger partial charge in [-0.2, -0.15) is 26.3 Å². The minimum Gasteiger partial charge on any atom is -0.322 e. The van der Waals surface area contributed by atoms with E-state index in [1.165, 1.54) is 6.92 Å². The predicted molar refractivity (Wildman–Crippen MR) is 74.2 cm³/mol. The maximum atomic E-state index is 12.9. The second-order valence-corrected chi connectivity index (χ2v) is 7.24. The molecule has 0 bridgehead atoms. The van der Waals surface area contributed by atoms with Crippen molar-refractivity contribution in [1.82, 2.24) is 14.5 Å². The highest BCUT2D eigenvalue weighted by molar-refractivity contribution is 7.91. The number of hydrogen-bond donors (Lipinski definition) is 0. The Hall–Kier alpha value is -2.11. The number of alkyl halides is 6. The lowest BCUT2D eigenvalue weighted by atomic mass is 10.2. The number of rotatable bonds is 3. The first kappa shape index (κ1) is 19.2. The lowest BCUT2D eigenvalue weighted by Crippen LogP contribution is -2.15. The first-order valence-corrected chi connectivity index (χ1v) is 8.33. The first-order valence-electron chi connectivity index (χ1n) is 6.68. The molecule has 2 aromatic rings. The molecule has 0 saturated carbocycles. The molecule has 0 aliphatic heterocycles. The van der Waals surface area contributed by atoms with Crippen LogP contribution >= 0.6 is 0 Å². The Bertz CT molecular complexity index is 899. The van der Waals surface area contributed by atoms with E-state index in [2.05, 4.69) is 9.97 Å². The van der Waals surface area contributed by atoms with Crippen molar-refractivity contribution in [3.05, 3.63) is 29.7 Å². The quantitative estimate of drug-likeness (QED) is 0.758. The third-order valence-electron chi connectivity index (χ3n) is 3.39. The summed E-state index contributed by atoms with van der Waals surface area (Å²) in [7, 11) is -3.23. The van der Waals surface area contributed by atoms with Crippen LogP contribution in [-0.4, -0.2) is 28.7 Å². The zero-order chi connectivity index (χ0) is 19.2. The van der Waals surface area contributed by atoms with Crippen molar-refractivity contribution in [2.24, 2.45) is 7.05 Å². The summed E-state index contributed by atoms with van der Waals surface area (Å²) < 4.78 is 102. The topological polar surface area (TPSA) is 64.8 Å². The second kappa shape index (κ2) is 6.00. The molecule has 0 atom stereocenters. The van der Waals surface area contributed by atoms with Gasteiger partial charge in [-0.3, -0.25) is 4.98 Å². The van der Waals surface area contributed by atoms with Gasteiger partial charge in [0.1, 0.15) is 11.4 Å². The normalized spacial score (nSPS) is 13.3. The summed E-state index contributed by atoms with van der Waals surface area (Å²) in [5.41, 5.74) is -3.09. The minimum atomic E-state index is -4.86. The molecule has 0 unspecified atom stereocenters. The van der Waals surface area contributed by atoms with Gasteiger partial charge in [-0.05, 0) is 6.07 Å². The standard InChI is InChI=1S/C13H11F6N3O2S/c1-3-25(23,24)8-4-7(12(14,15)16)5-20-10(8)11-21-6-9(22(11)2)13(17,18)19/h4-6H,3H2,1-2H3. The zero-order valence-electron chi connectivity index (χ0n) is 12.8. The summed E-state index contributed by atoms with van der Waals surface area (Å²) in [5, 5.41) is 0. The van der Waals surface area contributed by atoms with Gasteiger partial charge in [0, 0.05) is 13.2 Å². The fourth-order valence-corrected chi connectivity index (χ4v) is 3.11. The Morgan fingerprint density at radius 2 is 1.64 bits per heavy atom. The fourth-order valence-electron chi connectivity index (χ4n) is 2.05. The van der Waals surface area contributed by atoms with Crippen LogP contribution in [0.25, 0.3) is 11.5 Å². The number of nitrogens with zero attached hydrogens (tertiary/aromatic N) is 3. The van der Waals surface area contributed by atoms with E-state index >= 15 is 0 Å². The molecule has 138 valence electrons. The smallest absolute Gasteiger partial charge is 0.322 e. The number of hydrogen-bond acceptors (Lipinski definition) is 4. The molecule has 0 radical (unpaired) electrons. The summed E-state index contributed by atoms with van der Waals surface area (Å²) >= 11 is 0. The van der Waals surface area contributed by atoms with Crippen LogP contribution in [0.3, 0.4) is 0 Å². The van der Waals surface area contributed by atoms with Crippen LogP contribution in [0.5, 0.6) is 0 Å². The predicted octanol–water partition coefficient (Wildman–Crippen LogP) is 3.31. The minimum absolute atomic E-state index is 0.350. The Morgan fingerprint density at radius 3 is 2.08 bits per heavy atom. The van der Waals surface area contributed by atoms with Crippen LogP contribution in [-0.2, 0) is 29.2 Å². The van der Waals surface area contributed by atoms with E-state index in [4.69, 9.17) is 0 Å².